The van der Waals surface area contributed by atoms with Gasteiger partial charge in [0.1, 0.15) is 0 Å². The molecule has 0 aliphatic heterocycles. The van der Waals surface area contributed by atoms with Gasteiger partial charge in [-0.15, -0.1) is 0 Å². The van der Waals surface area contributed by atoms with Crippen LogP contribution in [0, 0.1) is 12.3 Å². The lowest BCUT2D eigenvalue weighted by molar-refractivity contribution is 0.230. The summed E-state index contributed by atoms with van der Waals surface area (Å²) in [5.41, 5.74) is 0.472. The van der Waals surface area contributed by atoms with Crippen molar-refractivity contribution in [2.24, 2.45) is 5.41 Å². The van der Waals surface area contributed by atoms with Crippen LogP contribution in [0.4, 0.5) is 0 Å². The highest BCUT2D eigenvalue weighted by atomic mass is 14.3. The lowest BCUT2D eigenvalue weighted by Gasteiger charge is -2.33. The summed E-state index contributed by atoms with van der Waals surface area (Å²) < 4.78 is 0. The van der Waals surface area contributed by atoms with Gasteiger partial charge < -0.3 is 0 Å². The Morgan fingerprint density at radius 1 is 1.50 bits per heavy atom. The number of hydrogen-bond donors (Lipinski definition) is 0. The molecule has 0 saturated heterocycles. The molecule has 0 spiro atoms. The Morgan fingerprint density at radius 2 is 1.83 bits per heavy atom. The molecule has 1 saturated carbocycles. The van der Waals surface area contributed by atoms with E-state index in [0.29, 0.717) is 5.41 Å². The van der Waals surface area contributed by atoms with Crippen LogP contribution in [0.25, 0.3) is 0 Å². The Hall–Kier alpha value is 0. The van der Waals surface area contributed by atoms with Crippen molar-refractivity contribution in [2.45, 2.75) is 26.2 Å². The Bertz CT molecular complexity index is 47.1. The molecule has 1 fully saturated rings. The Kier molecular flexibility index (Phi) is 0.686. The summed E-state index contributed by atoms with van der Waals surface area (Å²) in [6.07, 6.45) is 4.08. The maximum atomic E-state index is 3.98. The zero-order valence-corrected chi connectivity index (χ0v) is 4.33. The lowest BCUT2D eigenvalue weighted by atomic mass is 9.72. The van der Waals surface area contributed by atoms with Crippen LogP contribution >= 0.6 is 0 Å². The molecule has 0 aromatic carbocycles. The smallest absolute Gasteiger partial charge is 0.0326 e. The maximum Gasteiger partial charge on any atom is -0.0326 e. The summed E-state index contributed by atoms with van der Waals surface area (Å²) in [7, 11) is 0. The van der Waals surface area contributed by atoms with Crippen LogP contribution in [0.1, 0.15) is 26.2 Å². The van der Waals surface area contributed by atoms with Crippen molar-refractivity contribution in [2.75, 3.05) is 0 Å². The summed E-state index contributed by atoms with van der Waals surface area (Å²) >= 11 is 0. The first-order valence-corrected chi connectivity index (χ1v) is 2.56. The molecule has 1 aliphatic carbocycles. The highest BCUT2D eigenvalue weighted by Gasteiger charge is 2.25. The minimum atomic E-state index is 0.472. The molecule has 0 N–H and O–H groups in total. The van der Waals surface area contributed by atoms with Crippen molar-refractivity contribution in [1.29, 1.82) is 0 Å². The molecule has 0 heteroatoms. The molecule has 6 heavy (non-hydrogen) atoms. The van der Waals surface area contributed by atoms with Crippen molar-refractivity contribution in [3.8, 4) is 0 Å². The topological polar surface area (TPSA) is 0 Å². The zero-order valence-electron chi connectivity index (χ0n) is 4.33. The van der Waals surface area contributed by atoms with E-state index in [2.05, 4.69) is 13.8 Å². The molecule has 0 nitrogen and oxygen atoms in total. The molecular formula is C6H11. The molecule has 0 bridgehead atoms. The van der Waals surface area contributed by atoms with Gasteiger partial charge in [-0.2, -0.15) is 0 Å². The highest BCUT2D eigenvalue weighted by molar-refractivity contribution is 4.84. The molecule has 35 valence electrons. The van der Waals surface area contributed by atoms with Crippen molar-refractivity contribution >= 4 is 0 Å². The summed E-state index contributed by atoms with van der Waals surface area (Å²) in [4.78, 5) is 0. The largest absolute Gasteiger partial charge is 0.0596 e. The second-order valence-corrected chi connectivity index (χ2v) is 2.66. The highest BCUT2D eigenvalue weighted by Crippen LogP contribution is 2.38. The van der Waals surface area contributed by atoms with Gasteiger partial charge in [-0.1, -0.05) is 13.3 Å². The summed E-state index contributed by atoms with van der Waals surface area (Å²) in [6, 6.07) is 0. The summed E-state index contributed by atoms with van der Waals surface area (Å²) in [6.45, 7) is 6.19. The van der Waals surface area contributed by atoms with E-state index in [0.717, 1.165) is 0 Å². The number of rotatable bonds is 0. The predicted octanol–water partition coefficient (Wildman–Crippen LogP) is 2.01. The average Bonchev–Trinajstić information content (AvgIpc) is 1.32. The van der Waals surface area contributed by atoms with Gasteiger partial charge in [0.2, 0.25) is 0 Å². The van der Waals surface area contributed by atoms with Crippen molar-refractivity contribution < 1.29 is 0 Å². The van der Waals surface area contributed by atoms with Crippen LogP contribution in [0.5, 0.6) is 0 Å². The lowest BCUT2D eigenvalue weighted by Crippen LogP contribution is -2.20. The predicted molar refractivity (Wildman–Crippen MR) is 27.3 cm³/mol. The zero-order chi connectivity index (χ0) is 4.62. The Labute approximate surface area is 39.6 Å². The fraction of sp³-hybridized carbons (Fsp3) is 0.833. The molecule has 0 amide bonds. The first-order chi connectivity index (χ1) is 2.71. The van der Waals surface area contributed by atoms with Crippen molar-refractivity contribution in [3.63, 3.8) is 0 Å². The average molecular weight is 83.2 g/mol. The van der Waals surface area contributed by atoms with E-state index < -0.39 is 0 Å². The van der Waals surface area contributed by atoms with E-state index in [4.69, 9.17) is 0 Å². The van der Waals surface area contributed by atoms with E-state index >= 15 is 0 Å². The van der Waals surface area contributed by atoms with Crippen LogP contribution in [0.15, 0.2) is 0 Å². The first-order valence-electron chi connectivity index (χ1n) is 2.56. The standard InChI is InChI=1S/C6H11/c1-6(2)4-3-5-6/h1,3-5H2,2H3. The van der Waals surface area contributed by atoms with E-state index in [9.17, 15) is 0 Å². The molecule has 0 aromatic heterocycles. The summed E-state index contributed by atoms with van der Waals surface area (Å²) in [5, 5.41) is 0. The quantitative estimate of drug-likeness (QED) is 0.420. The van der Waals surface area contributed by atoms with Crippen LogP contribution in [0.2, 0.25) is 0 Å². The van der Waals surface area contributed by atoms with Gasteiger partial charge in [-0.25, -0.2) is 0 Å². The second kappa shape index (κ2) is 0.988. The molecular weight excluding hydrogens is 72.1 g/mol. The Balaban J connectivity index is 2.31. The SMILES string of the molecule is [CH2]C1(C)CCC1. The van der Waals surface area contributed by atoms with E-state index in [1.165, 1.54) is 19.3 Å². The summed E-state index contributed by atoms with van der Waals surface area (Å²) in [5.74, 6) is 0. The third kappa shape index (κ3) is 0.562. The minimum absolute atomic E-state index is 0.472. The third-order valence-corrected chi connectivity index (χ3v) is 1.56. The van der Waals surface area contributed by atoms with Crippen molar-refractivity contribution in [1.82, 2.24) is 0 Å². The van der Waals surface area contributed by atoms with Crippen LogP contribution in [-0.2, 0) is 0 Å². The van der Waals surface area contributed by atoms with Crippen LogP contribution < -0.4 is 0 Å². The fourth-order valence-electron chi connectivity index (χ4n) is 0.780. The third-order valence-electron chi connectivity index (χ3n) is 1.56. The van der Waals surface area contributed by atoms with Gasteiger partial charge in [0.15, 0.2) is 0 Å². The van der Waals surface area contributed by atoms with E-state index in [-0.39, 0.29) is 0 Å². The van der Waals surface area contributed by atoms with E-state index in [1.54, 1.807) is 0 Å². The van der Waals surface area contributed by atoms with Crippen molar-refractivity contribution in [3.05, 3.63) is 6.92 Å². The maximum absolute atomic E-state index is 3.98. The monoisotopic (exact) mass is 83.1 g/mol. The van der Waals surface area contributed by atoms with E-state index in [1.807, 2.05) is 0 Å². The second-order valence-electron chi connectivity index (χ2n) is 2.66. The Morgan fingerprint density at radius 3 is 1.83 bits per heavy atom. The van der Waals surface area contributed by atoms with Crippen LogP contribution in [0.3, 0.4) is 0 Å². The molecule has 1 aliphatic rings. The number of hydrogen-bond acceptors (Lipinski definition) is 0. The normalized spacial score (nSPS) is 29.0. The van der Waals surface area contributed by atoms with Crippen LogP contribution in [-0.4, -0.2) is 0 Å². The van der Waals surface area contributed by atoms with Gasteiger partial charge in [-0.3, -0.25) is 0 Å². The first kappa shape index (κ1) is 4.17. The molecule has 0 unspecified atom stereocenters. The molecule has 1 rings (SSSR count). The van der Waals surface area contributed by atoms with Gasteiger partial charge in [0, 0.05) is 0 Å². The minimum Gasteiger partial charge on any atom is -0.0596 e. The van der Waals surface area contributed by atoms with Gasteiger partial charge >= 0.3 is 0 Å². The van der Waals surface area contributed by atoms with Gasteiger partial charge in [-0.05, 0) is 25.2 Å². The molecule has 0 heterocycles. The molecule has 0 atom stereocenters. The molecule has 0 aromatic rings. The van der Waals surface area contributed by atoms with Gasteiger partial charge in [0.05, 0.1) is 0 Å². The fourth-order valence-corrected chi connectivity index (χ4v) is 0.780. The van der Waals surface area contributed by atoms with Gasteiger partial charge in [0.25, 0.3) is 0 Å². The molecule has 1 radical (unpaired) electrons.